The Morgan fingerprint density at radius 2 is 1.79 bits per heavy atom. The molecule has 1 rings (SSSR count). The van der Waals surface area contributed by atoms with Crippen molar-refractivity contribution in [3.05, 3.63) is 66.4 Å². The summed E-state index contributed by atoms with van der Waals surface area (Å²) in [6, 6.07) is 8.71. The van der Waals surface area contributed by atoms with Gasteiger partial charge in [0.25, 0.3) is 0 Å². The molecule has 0 aliphatic rings. The van der Waals surface area contributed by atoms with E-state index in [2.05, 4.69) is 64.3 Å². The highest BCUT2D eigenvalue weighted by atomic mass is 14.5. The number of rotatable bonds is 4. The molecule has 0 bridgehead atoms. The molecule has 104 valence electrons. The van der Waals surface area contributed by atoms with Crippen LogP contribution in [0.1, 0.15) is 38.3 Å². The van der Waals surface area contributed by atoms with Gasteiger partial charge in [0, 0.05) is 0 Å². The Balaban J connectivity index is 0.000000711. The molecule has 0 amide bonds. The van der Waals surface area contributed by atoms with E-state index in [4.69, 9.17) is 5.73 Å². The maximum Gasteiger partial charge on any atom is -0.00242 e. The highest BCUT2D eigenvalue weighted by Gasteiger charge is 2.07. The monoisotopic (exact) mass is 257 g/mol. The van der Waals surface area contributed by atoms with Crippen LogP contribution in [0.3, 0.4) is 0 Å². The zero-order valence-electron chi connectivity index (χ0n) is 12.7. The molecule has 0 heterocycles. The quantitative estimate of drug-likeness (QED) is 0.747. The topological polar surface area (TPSA) is 26.0 Å². The lowest BCUT2D eigenvalue weighted by molar-refractivity contribution is 0.717. The summed E-state index contributed by atoms with van der Waals surface area (Å²) < 4.78 is 0. The Hall–Kier alpha value is -1.76. The van der Waals surface area contributed by atoms with Crippen LogP contribution >= 0.6 is 0 Å². The SMILES string of the molecule is C=C(C)N.C=C/C=C(/c1ccc(C)cc1)C(C)CC. The van der Waals surface area contributed by atoms with Gasteiger partial charge >= 0.3 is 0 Å². The average Bonchev–Trinajstić information content (AvgIpc) is 2.36. The molecule has 0 saturated carbocycles. The minimum Gasteiger partial charge on any atom is -0.403 e. The van der Waals surface area contributed by atoms with E-state index in [1.54, 1.807) is 6.92 Å². The molecule has 0 spiro atoms. The van der Waals surface area contributed by atoms with Crippen LogP contribution in [0.2, 0.25) is 0 Å². The minimum absolute atomic E-state index is 0.589. The molecular formula is C18H27N. The fourth-order valence-electron chi connectivity index (χ4n) is 1.64. The molecule has 0 aromatic heterocycles. The van der Waals surface area contributed by atoms with Crippen molar-refractivity contribution < 1.29 is 0 Å². The van der Waals surface area contributed by atoms with Crippen LogP contribution < -0.4 is 5.73 Å². The van der Waals surface area contributed by atoms with E-state index in [1.807, 2.05) is 6.08 Å². The van der Waals surface area contributed by atoms with E-state index in [1.165, 1.54) is 16.7 Å². The number of benzene rings is 1. The normalized spacial score (nSPS) is 12.1. The van der Waals surface area contributed by atoms with E-state index in [0.29, 0.717) is 11.6 Å². The molecule has 0 saturated heterocycles. The van der Waals surface area contributed by atoms with E-state index < -0.39 is 0 Å². The summed E-state index contributed by atoms with van der Waals surface area (Å²) in [5.41, 5.74) is 9.59. The summed E-state index contributed by atoms with van der Waals surface area (Å²) in [7, 11) is 0. The van der Waals surface area contributed by atoms with Crippen LogP contribution in [0.25, 0.3) is 5.57 Å². The number of hydrogen-bond donors (Lipinski definition) is 1. The largest absolute Gasteiger partial charge is 0.403 e. The van der Waals surface area contributed by atoms with Crippen molar-refractivity contribution in [1.29, 1.82) is 0 Å². The van der Waals surface area contributed by atoms with Gasteiger partial charge in [0.05, 0.1) is 0 Å². The lowest BCUT2D eigenvalue weighted by Gasteiger charge is -2.14. The zero-order chi connectivity index (χ0) is 14.8. The van der Waals surface area contributed by atoms with Crippen molar-refractivity contribution in [2.75, 3.05) is 0 Å². The molecule has 1 atom stereocenters. The first-order valence-electron chi connectivity index (χ1n) is 6.73. The maximum absolute atomic E-state index is 4.92. The van der Waals surface area contributed by atoms with Crippen LogP contribution in [0.4, 0.5) is 0 Å². The van der Waals surface area contributed by atoms with Crippen LogP contribution in [0.15, 0.2) is 55.3 Å². The molecule has 1 unspecified atom stereocenters. The Bertz CT molecular complexity index is 420. The van der Waals surface area contributed by atoms with Gasteiger partial charge in [-0.05, 0) is 43.0 Å². The minimum atomic E-state index is 0.589. The molecule has 1 aromatic rings. The standard InChI is InChI=1S/C15H20.C3H7N/c1-5-7-15(13(4)6-2)14-10-8-12(3)9-11-14;1-3(2)4/h5,7-11,13H,1,6H2,2-4H3;1,4H2,2H3/b15-7+;. The van der Waals surface area contributed by atoms with Crippen molar-refractivity contribution in [2.24, 2.45) is 11.7 Å². The third kappa shape index (κ3) is 7.30. The molecule has 19 heavy (non-hydrogen) atoms. The number of aryl methyl sites for hydroxylation is 1. The molecule has 0 aliphatic heterocycles. The fourth-order valence-corrected chi connectivity index (χ4v) is 1.64. The third-order valence-corrected chi connectivity index (χ3v) is 2.83. The molecule has 1 heteroatoms. The Morgan fingerprint density at radius 3 is 2.16 bits per heavy atom. The molecule has 0 radical (unpaired) electrons. The van der Waals surface area contributed by atoms with E-state index in [0.717, 1.165) is 6.42 Å². The summed E-state index contributed by atoms with van der Waals surface area (Å²) in [5.74, 6) is 0.589. The molecule has 0 fully saturated rings. The van der Waals surface area contributed by atoms with Crippen molar-refractivity contribution in [1.82, 2.24) is 0 Å². The molecule has 2 N–H and O–H groups in total. The van der Waals surface area contributed by atoms with Crippen LogP contribution in [-0.4, -0.2) is 0 Å². The Kier molecular flexibility index (Phi) is 8.35. The van der Waals surface area contributed by atoms with E-state index >= 15 is 0 Å². The summed E-state index contributed by atoms with van der Waals surface area (Å²) in [6.45, 7) is 15.5. The second kappa shape index (κ2) is 9.21. The predicted molar refractivity (Wildman–Crippen MR) is 87.8 cm³/mol. The van der Waals surface area contributed by atoms with Gasteiger partial charge in [0.1, 0.15) is 0 Å². The van der Waals surface area contributed by atoms with Gasteiger partial charge in [-0.2, -0.15) is 0 Å². The highest BCUT2D eigenvalue weighted by molar-refractivity contribution is 5.68. The Morgan fingerprint density at radius 1 is 1.32 bits per heavy atom. The summed E-state index contributed by atoms with van der Waals surface area (Å²) in [5, 5.41) is 0. The second-order valence-electron chi connectivity index (χ2n) is 4.88. The highest BCUT2D eigenvalue weighted by Crippen LogP contribution is 2.25. The summed E-state index contributed by atoms with van der Waals surface area (Å²) in [4.78, 5) is 0. The van der Waals surface area contributed by atoms with Crippen molar-refractivity contribution in [2.45, 2.75) is 34.1 Å². The number of nitrogens with two attached hydrogens (primary N) is 1. The first-order valence-corrected chi connectivity index (χ1v) is 6.73. The predicted octanol–water partition coefficient (Wildman–Crippen LogP) is 5.09. The first-order chi connectivity index (χ1) is 8.92. The van der Waals surface area contributed by atoms with Crippen molar-refractivity contribution in [3.8, 4) is 0 Å². The van der Waals surface area contributed by atoms with Crippen molar-refractivity contribution in [3.63, 3.8) is 0 Å². The molecule has 1 nitrogen and oxygen atoms in total. The van der Waals surface area contributed by atoms with Gasteiger partial charge in [-0.25, -0.2) is 0 Å². The van der Waals surface area contributed by atoms with Gasteiger partial charge in [0.2, 0.25) is 0 Å². The second-order valence-corrected chi connectivity index (χ2v) is 4.88. The van der Waals surface area contributed by atoms with Gasteiger partial charge in [-0.1, -0.05) is 69.0 Å². The average molecular weight is 257 g/mol. The lowest BCUT2D eigenvalue weighted by Crippen LogP contribution is -1.97. The van der Waals surface area contributed by atoms with Gasteiger partial charge in [-0.15, -0.1) is 0 Å². The van der Waals surface area contributed by atoms with E-state index in [9.17, 15) is 0 Å². The van der Waals surface area contributed by atoms with Crippen molar-refractivity contribution >= 4 is 5.57 Å². The molecule has 1 aromatic carbocycles. The van der Waals surface area contributed by atoms with Gasteiger partial charge < -0.3 is 5.73 Å². The van der Waals surface area contributed by atoms with Gasteiger partial charge in [-0.3, -0.25) is 0 Å². The van der Waals surface area contributed by atoms with Crippen LogP contribution in [0, 0.1) is 12.8 Å². The van der Waals surface area contributed by atoms with Crippen LogP contribution in [0.5, 0.6) is 0 Å². The van der Waals surface area contributed by atoms with Gasteiger partial charge in [0.15, 0.2) is 0 Å². The Labute approximate surface area is 118 Å². The van der Waals surface area contributed by atoms with Crippen LogP contribution in [-0.2, 0) is 0 Å². The number of allylic oxidation sites excluding steroid dienone is 4. The zero-order valence-corrected chi connectivity index (χ0v) is 12.7. The van der Waals surface area contributed by atoms with E-state index in [-0.39, 0.29) is 0 Å². The molecular weight excluding hydrogens is 230 g/mol. The fraction of sp³-hybridized carbons (Fsp3) is 0.333. The summed E-state index contributed by atoms with van der Waals surface area (Å²) in [6.07, 6.45) is 5.16. The third-order valence-electron chi connectivity index (χ3n) is 2.83. The summed E-state index contributed by atoms with van der Waals surface area (Å²) >= 11 is 0. The first kappa shape index (κ1) is 17.2. The lowest BCUT2D eigenvalue weighted by atomic mass is 9.91. The molecule has 0 aliphatic carbocycles. The number of hydrogen-bond acceptors (Lipinski definition) is 1. The smallest absolute Gasteiger partial charge is 0.00242 e. The maximum atomic E-state index is 4.92.